The Morgan fingerprint density at radius 2 is 1.94 bits per heavy atom. The lowest BCUT2D eigenvalue weighted by molar-refractivity contribution is -0.137. The molecule has 0 N–H and O–H groups in total. The van der Waals surface area contributed by atoms with Gasteiger partial charge < -0.3 is 9.64 Å². The maximum atomic E-state index is 14.2. The summed E-state index contributed by atoms with van der Waals surface area (Å²) in [6.07, 6.45) is -4.70. The lowest BCUT2D eigenvalue weighted by Crippen LogP contribution is -2.49. The molecule has 1 heterocycles. The van der Waals surface area contributed by atoms with Crippen LogP contribution in [0.4, 0.5) is 17.6 Å². The van der Waals surface area contributed by atoms with E-state index < -0.39 is 23.5 Å². The number of carbonyl (C=O) groups excluding carboxylic acids is 1. The number of hydrogen-bond acceptors (Lipinski definition) is 3. The van der Waals surface area contributed by atoms with Crippen LogP contribution in [0.25, 0.3) is 0 Å². The number of ether oxygens (including phenoxy) is 1. The summed E-state index contributed by atoms with van der Waals surface area (Å²) in [4.78, 5) is 16.6. The molecule has 1 aliphatic rings. The van der Waals surface area contributed by atoms with E-state index in [9.17, 15) is 22.4 Å². The molecule has 32 heavy (non-hydrogen) atoms. The first-order chi connectivity index (χ1) is 15.1. The van der Waals surface area contributed by atoms with Gasteiger partial charge in [0.2, 0.25) is 0 Å². The topological polar surface area (TPSA) is 32.8 Å². The lowest BCUT2D eigenvalue weighted by Gasteiger charge is -2.36. The molecule has 1 aliphatic heterocycles. The first-order valence-electron chi connectivity index (χ1n) is 10.7. The fraction of sp³-hybridized carbons (Fsp3) is 0.458. The van der Waals surface area contributed by atoms with Crippen LogP contribution in [-0.2, 0) is 17.5 Å². The summed E-state index contributed by atoms with van der Waals surface area (Å²) in [6, 6.07) is 11.2. The highest BCUT2D eigenvalue weighted by atomic mass is 19.4. The van der Waals surface area contributed by atoms with E-state index in [0.717, 1.165) is 12.1 Å². The average Bonchev–Trinajstić information content (AvgIpc) is 2.73. The van der Waals surface area contributed by atoms with Gasteiger partial charge in [-0.1, -0.05) is 44.2 Å². The largest absolute Gasteiger partial charge is 0.416 e. The van der Waals surface area contributed by atoms with Gasteiger partial charge in [-0.15, -0.1) is 0 Å². The molecule has 3 rings (SSSR count). The minimum Gasteiger partial charge on any atom is -0.374 e. The molecule has 0 aliphatic carbocycles. The van der Waals surface area contributed by atoms with Gasteiger partial charge in [0.15, 0.2) is 0 Å². The third kappa shape index (κ3) is 6.53. The van der Waals surface area contributed by atoms with Gasteiger partial charge in [0.05, 0.1) is 23.8 Å². The van der Waals surface area contributed by atoms with Gasteiger partial charge in [-0.2, -0.15) is 13.2 Å². The summed E-state index contributed by atoms with van der Waals surface area (Å²) in [5.74, 6) is -0.784. The van der Waals surface area contributed by atoms with Crippen molar-refractivity contribution in [1.29, 1.82) is 0 Å². The monoisotopic (exact) mass is 452 g/mol. The summed E-state index contributed by atoms with van der Waals surface area (Å²) in [7, 11) is 0. The normalized spacial score (nSPS) is 17.5. The van der Waals surface area contributed by atoms with Crippen molar-refractivity contribution in [2.75, 3.05) is 32.8 Å². The van der Waals surface area contributed by atoms with Crippen molar-refractivity contribution in [2.45, 2.75) is 32.7 Å². The zero-order chi connectivity index (χ0) is 23.3. The Balaban J connectivity index is 1.68. The highest BCUT2D eigenvalue weighted by molar-refractivity contribution is 5.94. The molecular weight excluding hydrogens is 424 g/mol. The van der Waals surface area contributed by atoms with Crippen molar-refractivity contribution >= 4 is 5.91 Å². The van der Waals surface area contributed by atoms with E-state index in [1.807, 2.05) is 18.7 Å². The van der Waals surface area contributed by atoms with Crippen LogP contribution in [0.15, 0.2) is 48.5 Å². The Labute approximate surface area is 185 Å². The van der Waals surface area contributed by atoms with Crippen LogP contribution >= 0.6 is 0 Å². The van der Waals surface area contributed by atoms with Crippen molar-refractivity contribution in [3.63, 3.8) is 0 Å². The quantitative estimate of drug-likeness (QED) is 0.564. The number of morpholine rings is 1. The Morgan fingerprint density at radius 3 is 2.62 bits per heavy atom. The molecule has 1 saturated heterocycles. The van der Waals surface area contributed by atoms with Gasteiger partial charge in [-0.05, 0) is 29.7 Å². The summed E-state index contributed by atoms with van der Waals surface area (Å²) >= 11 is 0. The number of carbonyl (C=O) groups is 1. The van der Waals surface area contributed by atoms with E-state index in [1.54, 1.807) is 17.0 Å². The van der Waals surface area contributed by atoms with Crippen LogP contribution in [0, 0.1) is 11.7 Å². The lowest BCUT2D eigenvalue weighted by atomic mass is 10.1. The van der Waals surface area contributed by atoms with Gasteiger partial charge in [0.1, 0.15) is 5.82 Å². The molecule has 0 radical (unpaired) electrons. The van der Waals surface area contributed by atoms with E-state index in [-0.39, 0.29) is 24.1 Å². The van der Waals surface area contributed by atoms with Gasteiger partial charge in [0.25, 0.3) is 5.91 Å². The van der Waals surface area contributed by atoms with Crippen molar-refractivity contribution in [2.24, 2.45) is 5.92 Å². The molecule has 4 nitrogen and oxygen atoms in total. The number of benzene rings is 2. The average molecular weight is 452 g/mol. The summed E-state index contributed by atoms with van der Waals surface area (Å²) in [5.41, 5.74) is -0.0786. The second-order valence-electron chi connectivity index (χ2n) is 8.51. The molecule has 174 valence electrons. The molecule has 1 amide bonds. The van der Waals surface area contributed by atoms with E-state index in [0.29, 0.717) is 38.3 Å². The van der Waals surface area contributed by atoms with Crippen LogP contribution in [-0.4, -0.2) is 54.6 Å². The smallest absolute Gasteiger partial charge is 0.374 e. The highest BCUT2D eigenvalue weighted by Crippen LogP contribution is 2.30. The van der Waals surface area contributed by atoms with Gasteiger partial charge in [-0.3, -0.25) is 9.69 Å². The van der Waals surface area contributed by atoms with Crippen LogP contribution in [0.3, 0.4) is 0 Å². The third-order valence-corrected chi connectivity index (χ3v) is 5.28. The summed E-state index contributed by atoms with van der Waals surface area (Å²) < 4.78 is 59.0. The predicted molar refractivity (Wildman–Crippen MR) is 114 cm³/mol. The Morgan fingerprint density at radius 1 is 1.19 bits per heavy atom. The number of amides is 1. The minimum atomic E-state index is -4.38. The number of nitrogens with zero attached hydrogens (tertiary/aromatic N) is 2. The summed E-state index contributed by atoms with van der Waals surface area (Å²) in [6.45, 7) is 6.49. The molecule has 2 aromatic rings. The molecule has 0 bridgehead atoms. The molecule has 0 saturated carbocycles. The first-order valence-corrected chi connectivity index (χ1v) is 10.7. The molecule has 1 unspecified atom stereocenters. The van der Waals surface area contributed by atoms with E-state index >= 15 is 0 Å². The maximum Gasteiger partial charge on any atom is 0.416 e. The SMILES string of the molecule is CC(C)CN(CC1CN(Cc2cccc(C(F)(F)F)c2)CCO1)C(=O)c1ccccc1F. The zero-order valence-corrected chi connectivity index (χ0v) is 18.2. The molecular formula is C24H28F4N2O2. The minimum absolute atomic E-state index is 0.0183. The second-order valence-corrected chi connectivity index (χ2v) is 8.51. The van der Waals surface area contributed by atoms with Crippen LogP contribution in [0.1, 0.15) is 35.3 Å². The highest BCUT2D eigenvalue weighted by Gasteiger charge is 2.31. The molecule has 1 fully saturated rings. The molecule has 0 spiro atoms. The van der Waals surface area contributed by atoms with Crippen molar-refractivity contribution in [3.05, 3.63) is 71.0 Å². The van der Waals surface area contributed by atoms with Gasteiger partial charge in [-0.25, -0.2) is 4.39 Å². The van der Waals surface area contributed by atoms with E-state index in [2.05, 4.69) is 0 Å². The molecule has 0 aromatic heterocycles. The second kappa shape index (κ2) is 10.4. The Kier molecular flexibility index (Phi) is 7.90. The number of halogens is 4. The van der Waals surface area contributed by atoms with E-state index in [4.69, 9.17) is 4.74 Å². The fourth-order valence-electron chi connectivity index (χ4n) is 3.87. The zero-order valence-electron chi connectivity index (χ0n) is 18.2. The molecule has 1 atom stereocenters. The Bertz CT molecular complexity index is 917. The number of hydrogen-bond donors (Lipinski definition) is 0. The summed E-state index contributed by atoms with van der Waals surface area (Å²) in [5, 5.41) is 0. The van der Waals surface area contributed by atoms with Crippen LogP contribution in [0.2, 0.25) is 0 Å². The molecule has 2 aromatic carbocycles. The fourth-order valence-corrected chi connectivity index (χ4v) is 3.87. The van der Waals surface area contributed by atoms with Crippen molar-refractivity contribution < 1.29 is 27.1 Å². The standard InChI is InChI=1S/C24H28F4N2O2/c1-17(2)13-30(23(31)21-8-3-4-9-22(21)25)16-20-15-29(10-11-32-20)14-18-6-5-7-19(12-18)24(26,27)28/h3-9,12,17,20H,10-11,13-16H2,1-2H3. The van der Waals surface area contributed by atoms with Crippen LogP contribution in [0.5, 0.6) is 0 Å². The van der Waals surface area contributed by atoms with Crippen molar-refractivity contribution in [1.82, 2.24) is 9.80 Å². The molecule has 8 heteroatoms. The van der Waals surface area contributed by atoms with Gasteiger partial charge >= 0.3 is 6.18 Å². The maximum absolute atomic E-state index is 14.2. The van der Waals surface area contributed by atoms with Crippen LogP contribution < -0.4 is 0 Å². The van der Waals surface area contributed by atoms with Crippen molar-refractivity contribution in [3.8, 4) is 0 Å². The number of rotatable bonds is 7. The Hall–Kier alpha value is -2.45. The predicted octanol–water partition coefficient (Wildman–Crippen LogP) is 4.84. The first kappa shape index (κ1) is 24.2. The van der Waals surface area contributed by atoms with Gasteiger partial charge in [0, 0.05) is 32.7 Å². The third-order valence-electron chi connectivity index (χ3n) is 5.28. The van der Waals surface area contributed by atoms with E-state index in [1.165, 1.54) is 24.3 Å². The number of alkyl halides is 3.